The van der Waals surface area contributed by atoms with Gasteiger partial charge in [-0.2, -0.15) is 13.2 Å². The van der Waals surface area contributed by atoms with Gasteiger partial charge in [0.05, 0.1) is 11.0 Å². The van der Waals surface area contributed by atoms with E-state index in [0.717, 1.165) is 30.3 Å². The monoisotopic (exact) mass is 383 g/mol. The molecule has 1 amide bonds. The number of hydrogen-bond acceptors (Lipinski definition) is 4. The molecular weight excluding hydrogens is 363 g/mol. The first-order valence-electron chi connectivity index (χ1n) is 8.78. The number of carbonyl (C=O) groups excluding carboxylic acids is 2. The van der Waals surface area contributed by atoms with Crippen LogP contribution in [-0.4, -0.2) is 33.6 Å². The van der Waals surface area contributed by atoms with E-state index in [1.165, 1.54) is 19.1 Å². The molecule has 1 saturated carbocycles. The van der Waals surface area contributed by atoms with E-state index in [1.54, 1.807) is 12.1 Å². The van der Waals surface area contributed by atoms with E-state index in [2.05, 4.69) is 10.3 Å². The number of benzene rings is 1. The van der Waals surface area contributed by atoms with Crippen LogP contribution in [0.15, 0.2) is 24.3 Å². The molecule has 1 heterocycles. The Kier molecular flexibility index (Phi) is 5.38. The zero-order chi connectivity index (χ0) is 19.6. The van der Waals surface area contributed by atoms with Crippen molar-refractivity contribution in [2.24, 2.45) is 0 Å². The van der Waals surface area contributed by atoms with E-state index in [4.69, 9.17) is 4.74 Å². The second-order valence-electron chi connectivity index (χ2n) is 6.63. The molecule has 1 fully saturated rings. The fourth-order valence-electron chi connectivity index (χ4n) is 3.26. The third kappa shape index (κ3) is 4.40. The third-order valence-corrected chi connectivity index (χ3v) is 4.57. The maximum absolute atomic E-state index is 13.3. The quantitative estimate of drug-likeness (QED) is 0.806. The van der Waals surface area contributed by atoms with Crippen molar-refractivity contribution in [3.05, 3.63) is 30.1 Å². The van der Waals surface area contributed by atoms with E-state index in [0.29, 0.717) is 0 Å². The number of ether oxygens (including phenoxy) is 1. The number of imidazole rings is 1. The molecule has 0 radical (unpaired) electrons. The molecule has 146 valence electrons. The van der Waals surface area contributed by atoms with Gasteiger partial charge in [-0.3, -0.25) is 9.59 Å². The molecule has 1 N–H and O–H groups in total. The van der Waals surface area contributed by atoms with Crippen molar-refractivity contribution in [1.82, 2.24) is 14.9 Å². The highest BCUT2D eigenvalue weighted by Crippen LogP contribution is 2.31. The summed E-state index contributed by atoms with van der Waals surface area (Å²) in [6.07, 6.45) is -1.97. The summed E-state index contributed by atoms with van der Waals surface area (Å²) in [7, 11) is 0. The number of hydrogen-bond donors (Lipinski definition) is 1. The second kappa shape index (κ2) is 7.58. The minimum absolute atomic E-state index is 0.0630. The molecule has 0 aliphatic heterocycles. The van der Waals surface area contributed by atoms with Gasteiger partial charge in [-0.25, -0.2) is 4.98 Å². The lowest BCUT2D eigenvalue weighted by atomic mass is 10.2. The summed E-state index contributed by atoms with van der Waals surface area (Å²) in [4.78, 5) is 27.8. The predicted molar refractivity (Wildman–Crippen MR) is 90.7 cm³/mol. The van der Waals surface area contributed by atoms with Crippen LogP contribution < -0.4 is 5.32 Å². The van der Waals surface area contributed by atoms with Crippen LogP contribution in [0.5, 0.6) is 0 Å². The lowest BCUT2D eigenvalue weighted by Gasteiger charge is -2.18. The Hall–Kier alpha value is -2.58. The van der Waals surface area contributed by atoms with Crippen molar-refractivity contribution >= 4 is 22.9 Å². The molecule has 9 heteroatoms. The largest absolute Gasteiger partial charge is 0.451 e. The summed E-state index contributed by atoms with van der Waals surface area (Å²) in [6.45, 7) is 0.718. The molecule has 1 aliphatic rings. The normalized spacial score (nSPS) is 16.4. The zero-order valence-electron chi connectivity index (χ0n) is 14.8. The van der Waals surface area contributed by atoms with Gasteiger partial charge in [0, 0.05) is 6.04 Å². The van der Waals surface area contributed by atoms with Crippen molar-refractivity contribution in [3.63, 3.8) is 0 Å². The molecule has 1 atom stereocenters. The van der Waals surface area contributed by atoms with Gasteiger partial charge in [0.25, 0.3) is 5.91 Å². The number of amides is 1. The van der Waals surface area contributed by atoms with Crippen LogP contribution in [0.4, 0.5) is 13.2 Å². The zero-order valence-corrected chi connectivity index (χ0v) is 14.8. The Morgan fingerprint density at radius 2 is 1.96 bits per heavy atom. The molecule has 0 spiro atoms. The van der Waals surface area contributed by atoms with Crippen molar-refractivity contribution < 1.29 is 27.5 Å². The Labute approximate surface area is 153 Å². The fraction of sp³-hybridized carbons (Fsp3) is 0.500. The number of aromatic nitrogens is 2. The highest BCUT2D eigenvalue weighted by atomic mass is 19.4. The highest BCUT2D eigenvalue weighted by Gasteiger charge is 2.38. The topological polar surface area (TPSA) is 73.2 Å². The summed E-state index contributed by atoms with van der Waals surface area (Å²) in [5.74, 6) is -2.55. The smallest absolute Gasteiger partial charge is 0.449 e. The molecular formula is C18H20F3N3O3. The first kappa shape index (κ1) is 19.2. The lowest BCUT2D eigenvalue weighted by molar-refractivity contribution is -0.157. The number of para-hydroxylation sites is 2. The molecule has 2 aromatic rings. The predicted octanol–water partition coefficient (Wildman–Crippen LogP) is 3.05. The number of fused-ring (bicyclic) bond motifs is 1. The van der Waals surface area contributed by atoms with Crippen LogP contribution in [0.3, 0.4) is 0 Å². The molecule has 27 heavy (non-hydrogen) atoms. The third-order valence-electron chi connectivity index (χ3n) is 4.57. The van der Waals surface area contributed by atoms with Gasteiger partial charge in [-0.15, -0.1) is 0 Å². The van der Waals surface area contributed by atoms with Crippen LogP contribution >= 0.6 is 0 Å². The summed E-state index contributed by atoms with van der Waals surface area (Å²) >= 11 is 0. The van der Waals surface area contributed by atoms with Crippen LogP contribution in [-0.2, 0) is 27.0 Å². The minimum Gasteiger partial charge on any atom is -0.451 e. The first-order valence-corrected chi connectivity index (χ1v) is 8.78. The van der Waals surface area contributed by atoms with Crippen molar-refractivity contribution in [2.45, 2.75) is 57.5 Å². The molecule has 0 saturated heterocycles. The highest BCUT2D eigenvalue weighted by molar-refractivity contribution is 5.84. The number of esters is 1. The minimum atomic E-state index is -4.72. The second-order valence-corrected chi connectivity index (χ2v) is 6.63. The SMILES string of the molecule is C[C@H](OC(=O)Cn1c(C(F)(F)F)nc2ccccc21)C(=O)NC1CCCC1. The summed E-state index contributed by atoms with van der Waals surface area (Å²) in [5, 5.41) is 2.79. The maximum atomic E-state index is 13.3. The molecule has 1 aliphatic carbocycles. The summed E-state index contributed by atoms with van der Waals surface area (Å²) in [6, 6.07) is 6.07. The molecule has 6 nitrogen and oxygen atoms in total. The van der Waals surface area contributed by atoms with E-state index in [9.17, 15) is 22.8 Å². The average molecular weight is 383 g/mol. The Balaban J connectivity index is 1.71. The maximum Gasteiger partial charge on any atom is 0.449 e. The van der Waals surface area contributed by atoms with E-state index in [1.807, 2.05) is 0 Å². The van der Waals surface area contributed by atoms with Gasteiger partial charge >= 0.3 is 12.1 Å². The molecule has 0 bridgehead atoms. The number of carbonyl (C=O) groups is 2. The van der Waals surface area contributed by atoms with E-state index in [-0.39, 0.29) is 17.1 Å². The Morgan fingerprint density at radius 1 is 1.30 bits per heavy atom. The lowest BCUT2D eigenvalue weighted by Crippen LogP contribution is -2.41. The number of alkyl halides is 3. The van der Waals surface area contributed by atoms with Crippen molar-refractivity contribution in [1.29, 1.82) is 0 Å². The average Bonchev–Trinajstić information content (AvgIpc) is 3.22. The number of halogens is 3. The number of nitrogens with zero attached hydrogens (tertiary/aromatic N) is 2. The van der Waals surface area contributed by atoms with Crippen molar-refractivity contribution in [2.75, 3.05) is 0 Å². The van der Waals surface area contributed by atoms with Gasteiger partial charge in [-0.1, -0.05) is 25.0 Å². The molecule has 0 unspecified atom stereocenters. The van der Waals surface area contributed by atoms with Crippen LogP contribution in [0.2, 0.25) is 0 Å². The number of rotatable bonds is 5. The van der Waals surface area contributed by atoms with Crippen LogP contribution in [0.25, 0.3) is 11.0 Å². The summed E-state index contributed by atoms with van der Waals surface area (Å²) < 4.78 is 45.6. The van der Waals surface area contributed by atoms with Gasteiger partial charge in [0.15, 0.2) is 6.10 Å². The van der Waals surface area contributed by atoms with E-state index >= 15 is 0 Å². The Morgan fingerprint density at radius 3 is 2.63 bits per heavy atom. The van der Waals surface area contributed by atoms with Crippen LogP contribution in [0, 0.1) is 0 Å². The van der Waals surface area contributed by atoms with Gasteiger partial charge < -0.3 is 14.6 Å². The van der Waals surface area contributed by atoms with E-state index < -0.39 is 36.5 Å². The molecule has 3 rings (SSSR count). The first-order chi connectivity index (χ1) is 12.8. The standard InChI is InChI=1S/C18H20F3N3O3/c1-11(16(26)22-12-6-2-3-7-12)27-15(25)10-24-14-9-5-4-8-13(14)23-17(24)18(19,20)21/h4-5,8-9,11-12H,2-3,6-7,10H2,1H3,(H,22,26)/t11-/m0/s1. The molecule has 1 aromatic carbocycles. The Bertz CT molecular complexity index is 841. The van der Waals surface area contributed by atoms with Gasteiger partial charge in [0.1, 0.15) is 6.54 Å². The van der Waals surface area contributed by atoms with Gasteiger partial charge in [0.2, 0.25) is 5.82 Å². The molecule has 1 aromatic heterocycles. The van der Waals surface area contributed by atoms with Crippen LogP contribution in [0.1, 0.15) is 38.4 Å². The fourth-order valence-corrected chi connectivity index (χ4v) is 3.26. The van der Waals surface area contributed by atoms with Gasteiger partial charge in [-0.05, 0) is 31.9 Å². The van der Waals surface area contributed by atoms with Crippen molar-refractivity contribution in [3.8, 4) is 0 Å². The summed E-state index contributed by atoms with van der Waals surface area (Å²) in [5.41, 5.74) is 0.300. The number of nitrogens with one attached hydrogen (secondary N) is 1.